The van der Waals surface area contributed by atoms with Gasteiger partial charge in [0.25, 0.3) is 11.8 Å². The van der Waals surface area contributed by atoms with Gasteiger partial charge in [-0.05, 0) is 60.6 Å². The molecule has 1 fully saturated rings. The average Bonchev–Trinajstić information content (AvgIpc) is 3.46. The highest BCUT2D eigenvalue weighted by molar-refractivity contribution is 6.21. The number of carbonyl (C=O) groups is 3. The van der Waals surface area contributed by atoms with Gasteiger partial charge in [0.2, 0.25) is 5.91 Å². The summed E-state index contributed by atoms with van der Waals surface area (Å²) in [6.45, 7) is 7.29. The molecule has 0 N–H and O–H groups in total. The van der Waals surface area contributed by atoms with E-state index in [-0.39, 0.29) is 29.7 Å². The van der Waals surface area contributed by atoms with Crippen LogP contribution < -0.4 is 4.90 Å². The van der Waals surface area contributed by atoms with Gasteiger partial charge in [-0.1, -0.05) is 68.8 Å². The molecular formula is C34H37N3O3. The van der Waals surface area contributed by atoms with Crippen LogP contribution in [-0.4, -0.2) is 59.7 Å². The second kappa shape index (κ2) is 10.9. The van der Waals surface area contributed by atoms with Gasteiger partial charge in [0.1, 0.15) is 0 Å². The van der Waals surface area contributed by atoms with E-state index in [4.69, 9.17) is 0 Å². The second-order valence-electron chi connectivity index (χ2n) is 11.2. The summed E-state index contributed by atoms with van der Waals surface area (Å²) >= 11 is 0. The Morgan fingerprint density at radius 3 is 2.05 bits per heavy atom. The highest BCUT2D eigenvalue weighted by Crippen LogP contribution is 2.50. The van der Waals surface area contributed by atoms with E-state index in [9.17, 15) is 14.4 Å². The Balaban J connectivity index is 1.29. The van der Waals surface area contributed by atoms with Crippen molar-refractivity contribution < 1.29 is 14.4 Å². The number of hydrogen-bond acceptors (Lipinski definition) is 4. The Hall–Kier alpha value is -3.93. The van der Waals surface area contributed by atoms with Crippen LogP contribution in [0.15, 0.2) is 66.7 Å². The number of rotatable bonds is 8. The number of fused-ring (bicyclic) bond motifs is 4. The molecule has 6 rings (SSSR count). The summed E-state index contributed by atoms with van der Waals surface area (Å²) in [5.74, 6) is -0.484. The number of piperidine rings is 1. The Labute approximate surface area is 236 Å². The maximum absolute atomic E-state index is 14.2. The van der Waals surface area contributed by atoms with Gasteiger partial charge in [0.15, 0.2) is 0 Å². The monoisotopic (exact) mass is 535 g/mol. The van der Waals surface area contributed by atoms with Crippen LogP contribution >= 0.6 is 0 Å². The molecule has 0 radical (unpaired) electrons. The topological polar surface area (TPSA) is 60.9 Å². The van der Waals surface area contributed by atoms with Gasteiger partial charge in [-0.2, -0.15) is 0 Å². The number of anilines is 1. The first-order valence-electron chi connectivity index (χ1n) is 14.8. The Morgan fingerprint density at radius 2 is 1.40 bits per heavy atom. The van der Waals surface area contributed by atoms with E-state index in [2.05, 4.69) is 60.0 Å². The Morgan fingerprint density at radius 1 is 0.775 bits per heavy atom. The highest BCUT2D eigenvalue weighted by Gasteiger charge is 2.42. The molecule has 0 aromatic heterocycles. The maximum Gasteiger partial charge on any atom is 0.261 e. The minimum absolute atomic E-state index is 0.121. The zero-order valence-corrected chi connectivity index (χ0v) is 23.4. The SMILES string of the molecule is CCCCN(CCC)C(=O)C1c2ccccc2-c2cccc(N3CCC(N4C(=O)c5ccccc5C4=O)CC3)c21. The number of hydrogen-bond donors (Lipinski definition) is 0. The highest BCUT2D eigenvalue weighted by atomic mass is 16.2. The van der Waals surface area contributed by atoms with E-state index in [1.807, 2.05) is 18.2 Å². The maximum atomic E-state index is 14.2. The quantitative estimate of drug-likeness (QED) is 0.327. The van der Waals surface area contributed by atoms with E-state index in [1.165, 1.54) is 4.90 Å². The number of imide groups is 1. The van der Waals surface area contributed by atoms with E-state index in [0.29, 0.717) is 24.0 Å². The van der Waals surface area contributed by atoms with Crippen molar-refractivity contribution in [2.45, 2.75) is 57.9 Å². The lowest BCUT2D eigenvalue weighted by molar-refractivity contribution is -0.131. The summed E-state index contributed by atoms with van der Waals surface area (Å²) < 4.78 is 0. The number of benzene rings is 3. The molecule has 1 saturated heterocycles. The van der Waals surface area contributed by atoms with Crippen molar-refractivity contribution in [3.63, 3.8) is 0 Å². The molecule has 1 aliphatic carbocycles. The minimum atomic E-state index is -0.320. The summed E-state index contributed by atoms with van der Waals surface area (Å²) in [7, 11) is 0. The lowest BCUT2D eigenvalue weighted by atomic mass is 9.92. The molecule has 0 spiro atoms. The van der Waals surface area contributed by atoms with Gasteiger partial charge in [-0.25, -0.2) is 0 Å². The normalized spacial score (nSPS) is 18.1. The van der Waals surface area contributed by atoms with E-state index in [0.717, 1.165) is 73.4 Å². The largest absolute Gasteiger partial charge is 0.371 e. The minimum Gasteiger partial charge on any atom is -0.371 e. The van der Waals surface area contributed by atoms with Crippen LogP contribution in [0.2, 0.25) is 0 Å². The molecule has 0 saturated carbocycles. The molecule has 6 heteroatoms. The van der Waals surface area contributed by atoms with Crippen LogP contribution in [0.4, 0.5) is 5.69 Å². The third kappa shape index (κ3) is 4.30. The number of unbranched alkanes of at least 4 members (excludes halogenated alkanes) is 1. The number of carbonyl (C=O) groups excluding carboxylic acids is 3. The van der Waals surface area contributed by atoms with Crippen molar-refractivity contribution in [3.05, 3.63) is 89.0 Å². The molecule has 6 nitrogen and oxygen atoms in total. The van der Waals surface area contributed by atoms with Crippen LogP contribution in [0.1, 0.15) is 83.7 Å². The van der Waals surface area contributed by atoms with Gasteiger partial charge in [0.05, 0.1) is 17.0 Å². The van der Waals surface area contributed by atoms with Crippen molar-refractivity contribution in [2.24, 2.45) is 0 Å². The van der Waals surface area contributed by atoms with Crippen molar-refractivity contribution in [1.29, 1.82) is 0 Å². The summed E-state index contributed by atoms with van der Waals surface area (Å²) in [5.41, 5.74) is 6.59. The molecule has 3 aromatic rings. The first-order chi connectivity index (χ1) is 19.5. The van der Waals surface area contributed by atoms with Gasteiger partial charge < -0.3 is 9.80 Å². The molecule has 1 atom stereocenters. The lowest BCUT2D eigenvalue weighted by Crippen LogP contribution is -2.47. The van der Waals surface area contributed by atoms with Gasteiger partial charge >= 0.3 is 0 Å². The van der Waals surface area contributed by atoms with Crippen LogP contribution in [-0.2, 0) is 4.79 Å². The molecule has 0 bridgehead atoms. The Kier molecular flexibility index (Phi) is 7.18. The first-order valence-corrected chi connectivity index (χ1v) is 14.8. The molecule has 2 aliphatic heterocycles. The predicted molar refractivity (Wildman–Crippen MR) is 158 cm³/mol. The molecule has 206 valence electrons. The molecule has 3 amide bonds. The summed E-state index contributed by atoms with van der Waals surface area (Å²) in [6, 6.07) is 21.7. The van der Waals surface area contributed by atoms with E-state index in [1.54, 1.807) is 12.1 Å². The smallest absolute Gasteiger partial charge is 0.261 e. The van der Waals surface area contributed by atoms with Crippen LogP contribution in [0.5, 0.6) is 0 Å². The van der Waals surface area contributed by atoms with Gasteiger partial charge in [-0.3, -0.25) is 19.3 Å². The number of nitrogens with zero attached hydrogens (tertiary/aromatic N) is 3. The number of amides is 3. The van der Waals surface area contributed by atoms with Crippen LogP contribution in [0.3, 0.4) is 0 Å². The molecule has 3 aliphatic rings. The van der Waals surface area contributed by atoms with Gasteiger partial charge in [0, 0.05) is 43.5 Å². The fourth-order valence-corrected chi connectivity index (χ4v) is 6.81. The molecule has 2 heterocycles. The third-order valence-electron chi connectivity index (χ3n) is 8.76. The van der Waals surface area contributed by atoms with E-state index >= 15 is 0 Å². The standard InChI is InChI=1S/C34H37N3O3/c1-3-5-20-36(19-4-2)34(40)31-26-12-7-6-11-24(26)25-15-10-16-29(30(25)31)35-21-17-23(18-22-35)37-32(38)27-13-8-9-14-28(27)33(37)39/h6-16,23,31H,3-5,17-22H2,1-2H3. The van der Waals surface area contributed by atoms with Crippen molar-refractivity contribution in [2.75, 3.05) is 31.1 Å². The fourth-order valence-electron chi connectivity index (χ4n) is 6.81. The Bertz CT molecular complexity index is 1420. The first kappa shape index (κ1) is 26.3. The molecule has 3 aromatic carbocycles. The summed E-state index contributed by atoms with van der Waals surface area (Å²) in [6.07, 6.45) is 4.40. The summed E-state index contributed by atoms with van der Waals surface area (Å²) in [4.78, 5) is 46.3. The molecule has 40 heavy (non-hydrogen) atoms. The fraction of sp³-hybridized carbons (Fsp3) is 0.382. The van der Waals surface area contributed by atoms with Gasteiger partial charge in [-0.15, -0.1) is 0 Å². The molecular weight excluding hydrogens is 498 g/mol. The van der Waals surface area contributed by atoms with Crippen molar-refractivity contribution in [3.8, 4) is 11.1 Å². The zero-order chi connectivity index (χ0) is 27.8. The second-order valence-corrected chi connectivity index (χ2v) is 11.2. The van der Waals surface area contributed by atoms with Crippen molar-refractivity contribution in [1.82, 2.24) is 9.80 Å². The van der Waals surface area contributed by atoms with Crippen LogP contribution in [0.25, 0.3) is 11.1 Å². The third-order valence-corrected chi connectivity index (χ3v) is 8.76. The average molecular weight is 536 g/mol. The van der Waals surface area contributed by atoms with Crippen LogP contribution in [0, 0.1) is 0 Å². The van der Waals surface area contributed by atoms with Crippen molar-refractivity contribution >= 4 is 23.4 Å². The zero-order valence-electron chi connectivity index (χ0n) is 23.4. The predicted octanol–water partition coefficient (Wildman–Crippen LogP) is 6.10. The van der Waals surface area contributed by atoms with E-state index < -0.39 is 0 Å². The molecule has 1 unspecified atom stereocenters. The lowest BCUT2D eigenvalue weighted by Gasteiger charge is -2.38. The summed E-state index contributed by atoms with van der Waals surface area (Å²) in [5, 5.41) is 0.